The zero-order valence-electron chi connectivity index (χ0n) is 12.1. The Kier molecular flexibility index (Phi) is 4.95. The quantitative estimate of drug-likeness (QED) is 0.812. The first kappa shape index (κ1) is 14.0. The molecule has 0 unspecified atom stereocenters. The molecule has 1 saturated carbocycles. The fraction of sp³-hybridized carbons (Fsp3) is 0.800. The average Bonchev–Trinajstić information content (AvgIpc) is 2.88. The zero-order valence-corrected chi connectivity index (χ0v) is 12.1. The van der Waals surface area contributed by atoms with Gasteiger partial charge in [0.05, 0.1) is 5.69 Å². The maximum absolute atomic E-state index is 9.16. The van der Waals surface area contributed by atoms with Crippen LogP contribution in [0.5, 0.6) is 0 Å². The molecule has 0 aliphatic heterocycles. The van der Waals surface area contributed by atoms with E-state index in [9.17, 15) is 0 Å². The number of unbranched alkanes of at least 4 members (excludes halogenated alkanes) is 1. The van der Waals surface area contributed by atoms with Crippen molar-refractivity contribution in [2.45, 2.75) is 71.3 Å². The number of nitriles is 1. The van der Waals surface area contributed by atoms with Crippen LogP contribution in [0.1, 0.15) is 76.1 Å². The SMILES string of the molecule is CCCCC1CCC(c2c(C#N)nnn2CC)CC1. The van der Waals surface area contributed by atoms with Crippen molar-refractivity contribution >= 4 is 0 Å². The summed E-state index contributed by atoms with van der Waals surface area (Å²) in [6.07, 6.45) is 9.00. The molecule has 1 aromatic rings. The Bertz CT molecular complexity index is 435. The van der Waals surface area contributed by atoms with Gasteiger partial charge in [-0.3, -0.25) is 0 Å². The fourth-order valence-corrected chi connectivity index (χ4v) is 3.26. The second kappa shape index (κ2) is 6.70. The normalized spacial score (nSPS) is 23.2. The van der Waals surface area contributed by atoms with Crippen molar-refractivity contribution in [2.75, 3.05) is 0 Å². The third-order valence-electron chi connectivity index (χ3n) is 4.38. The van der Waals surface area contributed by atoms with Gasteiger partial charge in [0, 0.05) is 12.5 Å². The second-order valence-corrected chi connectivity index (χ2v) is 5.61. The van der Waals surface area contributed by atoms with Gasteiger partial charge in [-0.2, -0.15) is 5.26 Å². The minimum atomic E-state index is 0.488. The minimum absolute atomic E-state index is 0.488. The molecule has 0 amide bonds. The molecule has 0 bridgehead atoms. The van der Waals surface area contributed by atoms with E-state index in [-0.39, 0.29) is 0 Å². The molecule has 4 heteroatoms. The van der Waals surface area contributed by atoms with Crippen molar-refractivity contribution in [3.8, 4) is 6.07 Å². The van der Waals surface area contributed by atoms with Gasteiger partial charge in [0.25, 0.3) is 0 Å². The van der Waals surface area contributed by atoms with Gasteiger partial charge in [-0.15, -0.1) is 5.10 Å². The molecule has 1 aromatic heterocycles. The van der Waals surface area contributed by atoms with Crippen molar-refractivity contribution in [2.24, 2.45) is 5.92 Å². The van der Waals surface area contributed by atoms with Crippen LogP contribution in [0.2, 0.25) is 0 Å². The lowest BCUT2D eigenvalue weighted by Gasteiger charge is -2.28. The summed E-state index contributed by atoms with van der Waals surface area (Å²) in [4.78, 5) is 0. The van der Waals surface area contributed by atoms with Gasteiger partial charge in [-0.05, 0) is 38.5 Å². The molecule has 2 rings (SSSR count). The van der Waals surface area contributed by atoms with Gasteiger partial charge >= 0.3 is 0 Å². The number of nitrogens with zero attached hydrogens (tertiary/aromatic N) is 4. The van der Waals surface area contributed by atoms with Crippen molar-refractivity contribution in [1.82, 2.24) is 15.0 Å². The molecule has 0 aromatic carbocycles. The van der Waals surface area contributed by atoms with Crippen LogP contribution in [-0.2, 0) is 6.54 Å². The van der Waals surface area contributed by atoms with Gasteiger partial charge < -0.3 is 0 Å². The van der Waals surface area contributed by atoms with Gasteiger partial charge in [-0.1, -0.05) is 31.4 Å². The summed E-state index contributed by atoms with van der Waals surface area (Å²) in [5.41, 5.74) is 1.62. The van der Waals surface area contributed by atoms with E-state index in [4.69, 9.17) is 5.26 Å². The van der Waals surface area contributed by atoms with E-state index in [1.807, 2.05) is 4.68 Å². The lowest BCUT2D eigenvalue weighted by atomic mass is 9.78. The van der Waals surface area contributed by atoms with Gasteiger partial charge in [0.15, 0.2) is 5.69 Å². The number of rotatable bonds is 5. The van der Waals surface area contributed by atoms with Crippen molar-refractivity contribution in [3.05, 3.63) is 11.4 Å². The number of hydrogen-bond donors (Lipinski definition) is 0. The first-order valence-corrected chi connectivity index (χ1v) is 7.63. The summed E-state index contributed by atoms with van der Waals surface area (Å²) in [5, 5.41) is 17.3. The monoisotopic (exact) mass is 260 g/mol. The largest absolute Gasteiger partial charge is 0.248 e. The van der Waals surface area contributed by atoms with E-state index in [1.54, 1.807) is 0 Å². The maximum Gasteiger partial charge on any atom is 0.186 e. The Labute approximate surface area is 115 Å². The van der Waals surface area contributed by atoms with Crippen LogP contribution in [0.4, 0.5) is 0 Å². The molecular weight excluding hydrogens is 236 g/mol. The highest BCUT2D eigenvalue weighted by atomic mass is 15.4. The number of hydrogen-bond acceptors (Lipinski definition) is 3. The third-order valence-corrected chi connectivity index (χ3v) is 4.38. The first-order valence-electron chi connectivity index (χ1n) is 7.63. The van der Waals surface area contributed by atoms with Crippen molar-refractivity contribution in [3.63, 3.8) is 0 Å². The Morgan fingerprint density at radius 3 is 2.58 bits per heavy atom. The van der Waals surface area contributed by atoms with Crippen molar-refractivity contribution in [1.29, 1.82) is 5.26 Å². The summed E-state index contributed by atoms with van der Waals surface area (Å²) in [6.45, 7) is 5.13. The van der Waals surface area contributed by atoms with E-state index in [0.717, 1.165) is 18.2 Å². The Balaban J connectivity index is 2.01. The van der Waals surface area contributed by atoms with Crippen LogP contribution < -0.4 is 0 Å². The van der Waals surface area contributed by atoms with E-state index < -0.39 is 0 Å². The lowest BCUT2D eigenvalue weighted by molar-refractivity contribution is 0.296. The van der Waals surface area contributed by atoms with E-state index in [2.05, 4.69) is 30.2 Å². The second-order valence-electron chi connectivity index (χ2n) is 5.61. The maximum atomic E-state index is 9.16. The first-order chi connectivity index (χ1) is 9.30. The van der Waals surface area contributed by atoms with Crippen LogP contribution in [0.15, 0.2) is 0 Å². The molecule has 1 fully saturated rings. The molecule has 104 valence electrons. The van der Waals surface area contributed by atoms with Crippen molar-refractivity contribution < 1.29 is 0 Å². The summed E-state index contributed by atoms with van der Waals surface area (Å²) in [5.74, 6) is 1.38. The van der Waals surface area contributed by atoms with Crippen LogP contribution in [0, 0.1) is 17.2 Å². The highest BCUT2D eigenvalue weighted by Gasteiger charge is 2.27. The molecule has 0 radical (unpaired) electrons. The fourth-order valence-electron chi connectivity index (χ4n) is 3.26. The molecule has 0 atom stereocenters. The molecule has 4 nitrogen and oxygen atoms in total. The molecular formula is C15H24N4. The summed E-state index contributed by atoms with van der Waals surface area (Å²) < 4.78 is 1.91. The van der Waals surface area contributed by atoms with Crippen LogP contribution >= 0.6 is 0 Å². The van der Waals surface area contributed by atoms with E-state index >= 15 is 0 Å². The minimum Gasteiger partial charge on any atom is -0.248 e. The predicted molar refractivity (Wildman–Crippen MR) is 74.6 cm³/mol. The highest BCUT2D eigenvalue weighted by Crippen LogP contribution is 2.38. The van der Waals surface area contributed by atoms with Gasteiger partial charge in [0.2, 0.25) is 0 Å². The average molecular weight is 260 g/mol. The Hall–Kier alpha value is -1.37. The molecule has 0 N–H and O–H groups in total. The number of aromatic nitrogens is 3. The van der Waals surface area contributed by atoms with Crippen LogP contribution in [-0.4, -0.2) is 15.0 Å². The summed E-state index contributed by atoms with van der Waals surface area (Å²) >= 11 is 0. The standard InChI is InChI=1S/C15H24N4/c1-3-5-6-12-7-9-13(10-8-12)15-14(11-16)17-18-19(15)4-2/h12-13H,3-10H2,1-2H3. The summed E-state index contributed by atoms with van der Waals surface area (Å²) in [6, 6.07) is 2.20. The molecule has 19 heavy (non-hydrogen) atoms. The zero-order chi connectivity index (χ0) is 13.7. The smallest absolute Gasteiger partial charge is 0.186 e. The molecule has 1 heterocycles. The lowest BCUT2D eigenvalue weighted by Crippen LogP contribution is -2.17. The van der Waals surface area contributed by atoms with E-state index in [1.165, 1.54) is 44.9 Å². The van der Waals surface area contributed by atoms with Crippen LogP contribution in [0.25, 0.3) is 0 Å². The molecule has 0 saturated heterocycles. The Morgan fingerprint density at radius 2 is 2.00 bits per heavy atom. The third kappa shape index (κ3) is 3.15. The molecule has 0 spiro atoms. The van der Waals surface area contributed by atoms with E-state index in [0.29, 0.717) is 11.6 Å². The Morgan fingerprint density at radius 1 is 1.26 bits per heavy atom. The van der Waals surface area contributed by atoms with Crippen LogP contribution in [0.3, 0.4) is 0 Å². The molecule has 1 aliphatic carbocycles. The summed E-state index contributed by atoms with van der Waals surface area (Å²) in [7, 11) is 0. The van der Waals surface area contributed by atoms with Gasteiger partial charge in [0.1, 0.15) is 6.07 Å². The number of aryl methyl sites for hydroxylation is 1. The highest BCUT2D eigenvalue weighted by molar-refractivity contribution is 5.28. The molecule has 1 aliphatic rings. The predicted octanol–water partition coefficient (Wildman–Crippen LogP) is 3.63. The topological polar surface area (TPSA) is 54.5 Å². The van der Waals surface area contributed by atoms with Gasteiger partial charge in [-0.25, -0.2) is 4.68 Å².